The van der Waals surface area contributed by atoms with E-state index in [9.17, 15) is 14.9 Å². The number of ether oxygens (including phenoxy) is 3. The summed E-state index contributed by atoms with van der Waals surface area (Å²) in [7, 11) is 0. The summed E-state index contributed by atoms with van der Waals surface area (Å²) >= 11 is 0. The van der Waals surface area contributed by atoms with Crippen LogP contribution in [0.15, 0.2) is 42.5 Å². The van der Waals surface area contributed by atoms with Gasteiger partial charge in [0.2, 0.25) is 0 Å². The van der Waals surface area contributed by atoms with E-state index in [0.717, 1.165) is 11.8 Å². The average Bonchev–Trinajstić information content (AvgIpc) is 2.59. The first-order valence-electron chi connectivity index (χ1n) is 7.91. The van der Waals surface area contributed by atoms with Crippen LogP contribution in [0.4, 0.5) is 5.69 Å². The molecule has 138 valence electrons. The predicted octanol–water partition coefficient (Wildman–Crippen LogP) is 3.54. The second-order valence-electron chi connectivity index (χ2n) is 5.58. The number of carboxylic acid groups (broad SMARTS) is 1. The maximum Gasteiger partial charge on any atom is 0.339 e. The maximum absolute atomic E-state index is 11.2. The monoisotopic (exact) mass is 361 g/mol. The molecular weight excluding hydrogens is 342 g/mol. The number of rotatable bonds is 9. The largest absolute Gasteiger partial charge is 0.491 e. The molecule has 8 heteroatoms. The number of carboxylic acids is 1. The predicted molar refractivity (Wildman–Crippen MR) is 93.3 cm³/mol. The Labute approximate surface area is 150 Å². The van der Waals surface area contributed by atoms with Crippen LogP contribution in [0.3, 0.4) is 0 Å². The molecule has 0 heterocycles. The van der Waals surface area contributed by atoms with Gasteiger partial charge in [-0.15, -0.1) is 0 Å². The lowest BCUT2D eigenvalue weighted by atomic mass is 10.2. The van der Waals surface area contributed by atoms with Crippen LogP contribution in [0.2, 0.25) is 0 Å². The number of hydrogen-bond donors (Lipinski definition) is 1. The lowest BCUT2D eigenvalue weighted by molar-refractivity contribution is -0.384. The summed E-state index contributed by atoms with van der Waals surface area (Å²) in [5.41, 5.74) is -0.580. The van der Waals surface area contributed by atoms with Crippen molar-refractivity contribution < 1.29 is 29.0 Å². The van der Waals surface area contributed by atoms with Gasteiger partial charge in [0.25, 0.3) is 5.69 Å². The van der Waals surface area contributed by atoms with Crippen LogP contribution in [0, 0.1) is 10.1 Å². The van der Waals surface area contributed by atoms with Crippen LogP contribution in [0.5, 0.6) is 17.2 Å². The number of non-ortho nitro benzene ring substituents is 1. The van der Waals surface area contributed by atoms with E-state index in [4.69, 9.17) is 19.3 Å². The van der Waals surface area contributed by atoms with Crippen LogP contribution >= 0.6 is 0 Å². The summed E-state index contributed by atoms with van der Waals surface area (Å²) in [6.07, 6.45) is 0.0836. The molecule has 2 aromatic carbocycles. The zero-order chi connectivity index (χ0) is 19.1. The highest BCUT2D eigenvalue weighted by molar-refractivity contribution is 5.91. The second-order valence-corrected chi connectivity index (χ2v) is 5.58. The molecule has 0 radical (unpaired) electrons. The Morgan fingerprint density at radius 2 is 1.69 bits per heavy atom. The van der Waals surface area contributed by atoms with Crippen LogP contribution in [0.1, 0.15) is 24.2 Å². The molecule has 2 rings (SSSR count). The topological polar surface area (TPSA) is 108 Å². The van der Waals surface area contributed by atoms with Crippen molar-refractivity contribution in [2.75, 3.05) is 13.2 Å². The van der Waals surface area contributed by atoms with Gasteiger partial charge in [-0.2, -0.15) is 0 Å². The molecule has 0 aliphatic carbocycles. The van der Waals surface area contributed by atoms with Gasteiger partial charge in [0.05, 0.1) is 11.0 Å². The summed E-state index contributed by atoms with van der Waals surface area (Å²) in [6, 6.07) is 10.5. The van der Waals surface area contributed by atoms with Crippen molar-refractivity contribution in [2.45, 2.75) is 20.0 Å². The molecule has 2 aromatic rings. The van der Waals surface area contributed by atoms with Gasteiger partial charge in [0, 0.05) is 12.1 Å². The molecule has 0 unspecified atom stereocenters. The minimum Gasteiger partial charge on any atom is -0.491 e. The molecule has 0 atom stereocenters. The molecule has 0 spiro atoms. The van der Waals surface area contributed by atoms with Gasteiger partial charge in [-0.3, -0.25) is 10.1 Å². The molecule has 0 saturated heterocycles. The fourth-order valence-corrected chi connectivity index (χ4v) is 2.12. The maximum atomic E-state index is 11.2. The number of nitro groups is 1. The molecule has 0 aliphatic heterocycles. The molecule has 0 saturated carbocycles. The number of nitrogens with zero attached hydrogens (tertiary/aromatic N) is 1. The van der Waals surface area contributed by atoms with Gasteiger partial charge in [0.1, 0.15) is 36.0 Å². The Kier molecular flexibility index (Phi) is 6.37. The Morgan fingerprint density at radius 1 is 1.08 bits per heavy atom. The summed E-state index contributed by atoms with van der Waals surface area (Å²) < 4.78 is 16.4. The highest BCUT2D eigenvalue weighted by Crippen LogP contribution is 2.24. The summed E-state index contributed by atoms with van der Waals surface area (Å²) in [5, 5.41) is 19.9. The van der Waals surface area contributed by atoms with E-state index in [1.54, 1.807) is 24.3 Å². The van der Waals surface area contributed by atoms with E-state index >= 15 is 0 Å². The van der Waals surface area contributed by atoms with Crippen LogP contribution in [-0.4, -0.2) is 35.3 Å². The number of nitro benzene ring substituents is 1. The molecule has 0 aliphatic rings. The van der Waals surface area contributed by atoms with Crippen molar-refractivity contribution in [1.82, 2.24) is 0 Å². The zero-order valence-electron chi connectivity index (χ0n) is 14.4. The summed E-state index contributed by atoms with van der Waals surface area (Å²) in [6.45, 7) is 4.14. The smallest absolute Gasteiger partial charge is 0.339 e. The Bertz CT molecular complexity index is 772. The highest BCUT2D eigenvalue weighted by atomic mass is 16.6. The van der Waals surface area contributed by atoms with Gasteiger partial charge in [-0.05, 0) is 44.2 Å². The Hall–Kier alpha value is -3.29. The summed E-state index contributed by atoms with van der Waals surface area (Å²) in [5.74, 6) is 0.102. The Morgan fingerprint density at radius 3 is 2.27 bits per heavy atom. The summed E-state index contributed by atoms with van der Waals surface area (Å²) in [4.78, 5) is 21.3. The van der Waals surface area contributed by atoms with E-state index in [2.05, 4.69) is 0 Å². The zero-order valence-corrected chi connectivity index (χ0v) is 14.4. The van der Waals surface area contributed by atoms with Crippen molar-refractivity contribution >= 4 is 11.7 Å². The molecular formula is C18H19NO7. The van der Waals surface area contributed by atoms with Crippen LogP contribution in [0.25, 0.3) is 0 Å². The van der Waals surface area contributed by atoms with E-state index < -0.39 is 10.9 Å². The molecule has 1 N–H and O–H groups in total. The lowest BCUT2D eigenvalue weighted by Gasteiger charge is -2.12. The molecule has 0 amide bonds. The van der Waals surface area contributed by atoms with E-state index in [1.165, 1.54) is 12.1 Å². The first-order chi connectivity index (χ1) is 12.4. The SMILES string of the molecule is CC(C)Oc1ccc(OCCOc2ccc([N+](=O)[O-])cc2C(=O)O)cc1. The number of aromatic carboxylic acids is 1. The number of benzene rings is 2. The third-order valence-corrected chi connectivity index (χ3v) is 3.21. The van der Waals surface area contributed by atoms with Gasteiger partial charge in [-0.25, -0.2) is 4.79 Å². The first-order valence-corrected chi connectivity index (χ1v) is 7.91. The second kappa shape index (κ2) is 8.70. The van der Waals surface area contributed by atoms with Crippen LogP contribution < -0.4 is 14.2 Å². The van der Waals surface area contributed by atoms with Gasteiger partial charge < -0.3 is 19.3 Å². The van der Waals surface area contributed by atoms with Gasteiger partial charge in [0.15, 0.2) is 0 Å². The third-order valence-electron chi connectivity index (χ3n) is 3.21. The first kappa shape index (κ1) is 19.0. The van der Waals surface area contributed by atoms with E-state index in [0.29, 0.717) is 5.75 Å². The van der Waals surface area contributed by atoms with E-state index in [-0.39, 0.29) is 36.3 Å². The van der Waals surface area contributed by atoms with E-state index in [1.807, 2.05) is 13.8 Å². The van der Waals surface area contributed by atoms with Crippen molar-refractivity contribution in [3.8, 4) is 17.2 Å². The average molecular weight is 361 g/mol. The number of carbonyl (C=O) groups is 1. The molecule has 0 fully saturated rings. The standard InChI is InChI=1S/C18H19NO7/c1-12(2)26-15-6-4-14(5-7-15)24-9-10-25-17-8-3-13(19(22)23)11-16(17)18(20)21/h3-8,11-12H,9-10H2,1-2H3,(H,20,21). The third kappa shape index (κ3) is 5.37. The van der Waals surface area contributed by atoms with Crippen molar-refractivity contribution in [1.29, 1.82) is 0 Å². The lowest BCUT2D eigenvalue weighted by Crippen LogP contribution is -2.11. The van der Waals surface area contributed by atoms with Crippen LogP contribution in [-0.2, 0) is 0 Å². The van der Waals surface area contributed by atoms with Crippen molar-refractivity contribution in [3.63, 3.8) is 0 Å². The normalized spacial score (nSPS) is 10.4. The van der Waals surface area contributed by atoms with Crippen molar-refractivity contribution in [2.24, 2.45) is 0 Å². The van der Waals surface area contributed by atoms with Gasteiger partial charge >= 0.3 is 5.97 Å². The fraction of sp³-hybridized carbons (Fsp3) is 0.278. The number of hydrogen-bond acceptors (Lipinski definition) is 6. The van der Waals surface area contributed by atoms with Crippen molar-refractivity contribution in [3.05, 3.63) is 58.1 Å². The minimum absolute atomic E-state index is 0.0485. The Balaban J connectivity index is 1.89. The van der Waals surface area contributed by atoms with Gasteiger partial charge in [-0.1, -0.05) is 0 Å². The molecule has 8 nitrogen and oxygen atoms in total. The quantitative estimate of drug-likeness (QED) is 0.413. The molecule has 0 aromatic heterocycles. The molecule has 26 heavy (non-hydrogen) atoms. The minimum atomic E-state index is -1.30. The highest BCUT2D eigenvalue weighted by Gasteiger charge is 2.17. The fourth-order valence-electron chi connectivity index (χ4n) is 2.12. The molecule has 0 bridgehead atoms.